The van der Waals surface area contributed by atoms with E-state index in [0.717, 1.165) is 18.6 Å². The van der Waals surface area contributed by atoms with E-state index >= 15 is 0 Å². The summed E-state index contributed by atoms with van der Waals surface area (Å²) >= 11 is 0. The number of furan rings is 1. The number of hydrogen-bond donors (Lipinski definition) is 0. The van der Waals surface area contributed by atoms with E-state index < -0.39 is 0 Å². The van der Waals surface area contributed by atoms with Crippen LogP contribution in [0.15, 0.2) is 22.8 Å². The fourth-order valence-corrected chi connectivity index (χ4v) is 1.74. The fourth-order valence-electron chi connectivity index (χ4n) is 1.74. The highest BCUT2D eigenvalue weighted by Crippen LogP contribution is 2.09. The molecule has 0 N–H and O–H groups in total. The molecule has 0 saturated carbocycles. The van der Waals surface area contributed by atoms with Gasteiger partial charge in [-0.05, 0) is 18.6 Å². The Balaban J connectivity index is 1.74. The van der Waals surface area contributed by atoms with E-state index in [0.29, 0.717) is 6.54 Å². The minimum absolute atomic E-state index is 0.0259. The van der Waals surface area contributed by atoms with Crippen LogP contribution in [0, 0.1) is 0 Å². The van der Waals surface area contributed by atoms with E-state index in [-0.39, 0.29) is 24.7 Å². The van der Waals surface area contributed by atoms with E-state index in [1.807, 2.05) is 12.1 Å². The van der Waals surface area contributed by atoms with Crippen molar-refractivity contribution in [1.82, 2.24) is 4.90 Å². The molecule has 0 aliphatic carbocycles. The third-order valence-electron chi connectivity index (χ3n) is 2.50. The van der Waals surface area contributed by atoms with Gasteiger partial charge < -0.3 is 9.32 Å². The summed E-state index contributed by atoms with van der Waals surface area (Å²) in [5, 5.41) is 0. The summed E-state index contributed by atoms with van der Waals surface area (Å²) in [6.45, 7) is 0.933. The van der Waals surface area contributed by atoms with Crippen molar-refractivity contribution >= 4 is 11.7 Å². The molecule has 1 aliphatic heterocycles. The summed E-state index contributed by atoms with van der Waals surface area (Å²) in [6, 6.07) is 3.76. The summed E-state index contributed by atoms with van der Waals surface area (Å²) in [4.78, 5) is 23.8. The maximum Gasteiger partial charge on any atom is 0.230 e. The highest BCUT2D eigenvalue weighted by atomic mass is 16.3. The molecule has 4 heteroatoms. The Bertz CT molecular complexity index is 356. The second-order valence-electron chi connectivity index (χ2n) is 3.71. The van der Waals surface area contributed by atoms with E-state index in [4.69, 9.17) is 4.42 Å². The van der Waals surface area contributed by atoms with Gasteiger partial charge in [0.1, 0.15) is 5.76 Å². The van der Waals surface area contributed by atoms with E-state index in [2.05, 4.69) is 0 Å². The number of carbonyl (C=O) groups is 2. The van der Waals surface area contributed by atoms with Gasteiger partial charge in [-0.2, -0.15) is 0 Å². The van der Waals surface area contributed by atoms with Crippen LogP contribution in [0.4, 0.5) is 0 Å². The molecule has 1 amide bonds. The lowest BCUT2D eigenvalue weighted by molar-refractivity contribution is -0.127. The largest absolute Gasteiger partial charge is 0.469 e. The monoisotopic (exact) mass is 207 g/mol. The van der Waals surface area contributed by atoms with Crippen molar-refractivity contribution in [3.05, 3.63) is 24.2 Å². The van der Waals surface area contributed by atoms with Gasteiger partial charge >= 0.3 is 0 Å². The van der Waals surface area contributed by atoms with Gasteiger partial charge in [0, 0.05) is 13.0 Å². The molecule has 4 nitrogen and oxygen atoms in total. The standard InChI is InChI=1S/C11H13NO3/c13-9-7-11(14)12(8-9)5-1-3-10-4-2-6-15-10/h2,4,6H,1,3,5,7-8H2. The molecule has 0 bridgehead atoms. The van der Waals surface area contributed by atoms with Gasteiger partial charge in [0.25, 0.3) is 0 Å². The summed E-state index contributed by atoms with van der Waals surface area (Å²) in [5.41, 5.74) is 0. The number of likely N-dealkylation sites (tertiary alicyclic amines) is 1. The molecule has 0 atom stereocenters. The van der Waals surface area contributed by atoms with Gasteiger partial charge in [-0.25, -0.2) is 0 Å². The summed E-state index contributed by atoms with van der Waals surface area (Å²) in [7, 11) is 0. The summed E-state index contributed by atoms with van der Waals surface area (Å²) < 4.78 is 5.18. The number of Topliss-reactive ketones (excluding diaryl/α,β-unsaturated/α-hetero) is 1. The lowest BCUT2D eigenvalue weighted by atomic mass is 10.2. The zero-order chi connectivity index (χ0) is 10.7. The Labute approximate surface area is 87.9 Å². The molecule has 1 aromatic rings. The molecule has 0 radical (unpaired) electrons. The SMILES string of the molecule is O=C1CC(=O)N(CCCc2ccco2)C1. The number of aryl methyl sites for hydroxylation is 1. The van der Waals surface area contributed by atoms with Crippen molar-refractivity contribution in [2.75, 3.05) is 13.1 Å². The van der Waals surface area contributed by atoms with Gasteiger partial charge in [-0.15, -0.1) is 0 Å². The lowest BCUT2D eigenvalue weighted by Gasteiger charge is -2.13. The van der Waals surface area contributed by atoms with Gasteiger partial charge in [-0.3, -0.25) is 9.59 Å². The zero-order valence-electron chi connectivity index (χ0n) is 8.44. The molecule has 80 valence electrons. The molecule has 15 heavy (non-hydrogen) atoms. The Hall–Kier alpha value is -1.58. The Morgan fingerprint density at radius 1 is 1.40 bits per heavy atom. The molecular weight excluding hydrogens is 194 g/mol. The number of ketones is 1. The number of carbonyl (C=O) groups excluding carboxylic acids is 2. The van der Waals surface area contributed by atoms with Crippen LogP contribution in [0.1, 0.15) is 18.6 Å². The third-order valence-corrected chi connectivity index (χ3v) is 2.50. The van der Waals surface area contributed by atoms with Crippen molar-refractivity contribution in [1.29, 1.82) is 0 Å². The lowest BCUT2D eigenvalue weighted by Crippen LogP contribution is -2.26. The number of rotatable bonds is 4. The van der Waals surface area contributed by atoms with Crippen LogP contribution in [0.2, 0.25) is 0 Å². The van der Waals surface area contributed by atoms with Gasteiger partial charge in [0.15, 0.2) is 5.78 Å². The van der Waals surface area contributed by atoms with Crippen molar-refractivity contribution in [3.63, 3.8) is 0 Å². The molecular formula is C11H13NO3. The average molecular weight is 207 g/mol. The number of hydrogen-bond acceptors (Lipinski definition) is 3. The van der Waals surface area contributed by atoms with Crippen molar-refractivity contribution in [2.45, 2.75) is 19.3 Å². The smallest absolute Gasteiger partial charge is 0.230 e. The Morgan fingerprint density at radius 3 is 2.87 bits per heavy atom. The second kappa shape index (κ2) is 4.29. The van der Waals surface area contributed by atoms with Crippen LogP contribution in [0.5, 0.6) is 0 Å². The predicted octanol–water partition coefficient (Wildman–Crippen LogP) is 1.01. The van der Waals surface area contributed by atoms with Crippen LogP contribution in [0.25, 0.3) is 0 Å². The quantitative estimate of drug-likeness (QED) is 0.692. The topological polar surface area (TPSA) is 50.5 Å². The normalized spacial score (nSPS) is 16.4. The van der Waals surface area contributed by atoms with Gasteiger partial charge in [0.05, 0.1) is 19.2 Å². The van der Waals surface area contributed by atoms with Crippen LogP contribution < -0.4 is 0 Å². The zero-order valence-corrected chi connectivity index (χ0v) is 8.44. The first-order chi connectivity index (χ1) is 7.25. The molecule has 2 heterocycles. The van der Waals surface area contributed by atoms with Crippen molar-refractivity contribution in [2.24, 2.45) is 0 Å². The van der Waals surface area contributed by atoms with Crippen LogP contribution in [-0.2, 0) is 16.0 Å². The molecule has 1 fully saturated rings. The summed E-state index contributed by atoms with van der Waals surface area (Å²) in [6.07, 6.45) is 3.37. The Kier molecular flexibility index (Phi) is 2.85. The molecule has 0 spiro atoms. The van der Waals surface area contributed by atoms with E-state index in [9.17, 15) is 9.59 Å². The minimum atomic E-state index is -0.0422. The second-order valence-corrected chi connectivity index (χ2v) is 3.71. The molecule has 0 unspecified atom stereocenters. The highest BCUT2D eigenvalue weighted by Gasteiger charge is 2.26. The van der Waals surface area contributed by atoms with Crippen LogP contribution in [-0.4, -0.2) is 29.7 Å². The van der Waals surface area contributed by atoms with Gasteiger partial charge in [0.2, 0.25) is 5.91 Å². The number of nitrogens with zero attached hydrogens (tertiary/aromatic N) is 1. The maximum atomic E-state index is 11.3. The first kappa shape index (κ1) is 9.96. The molecule has 1 aromatic heterocycles. The predicted molar refractivity (Wildman–Crippen MR) is 53.2 cm³/mol. The van der Waals surface area contributed by atoms with Crippen molar-refractivity contribution in [3.8, 4) is 0 Å². The molecule has 1 aliphatic rings. The molecule has 2 rings (SSSR count). The van der Waals surface area contributed by atoms with Crippen LogP contribution in [0.3, 0.4) is 0 Å². The molecule has 0 aromatic carbocycles. The first-order valence-electron chi connectivity index (χ1n) is 5.07. The summed E-state index contributed by atoms with van der Waals surface area (Å²) in [5.74, 6) is 0.908. The van der Waals surface area contributed by atoms with E-state index in [1.54, 1.807) is 11.2 Å². The third kappa shape index (κ3) is 2.46. The van der Waals surface area contributed by atoms with Gasteiger partial charge in [-0.1, -0.05) is 0 Å². The minimum Gasteiger partial charge on any atom is -0.469 e. The first-order valence-corrected chi connectivity index (χ1v) is 5.07. The van der Waals surface area contributed by atoms with Crippen LogP contribution >= 0.6 is 0 Å². The molecule has 1 saturated heterocycles. The highest BCUT2D eigenvalue weighted by molar-refractivity contribution is 6.05. The fraction of sp³-hybridized carbons (Fsp3) is 0.455. The van der Waals surface area contributed by atoms with Crippen molar-refractivity contribution < 1.29 is 14.0 Å². The average Bonchev–Trinajstić information content (AvgIpc) is 2.77. The van der Waals surface area contributed by atoms with E-state index in [1.165, 1.54) is 0 Å². The Morgan fingerprint density at radius 2 is 2.27 bits per heavy atom. The number of amides is 1. The maximum absolute atomic E-state index is 11.3.